The van der Waals surface area contributed by atoms with Crippen LogP contribution in [0, 0.1) is 5.92 Å². The SMILES string of the molecule is OC(CSc1cccc(Cl)c1)C1CCCCC1. The van der Waals surface area contributed by atoms with Crippen LogP contribution in [0.4, 0.5) is 0 Å². The monoisotopic (exact) mass is 270 g/mol. The molecule has 1 saturated carbocycles. The van der Waals surface area contributed by atoms with Gasteiger partial charge in [-0.1, -0.05) is 36.9 Å². The fourth-order valence-corrected chi connectivity index (χ4v) is 3.67. The molecule has 0 heterocycles. The van der Waals surface area contributed by atoms with Gasteiger partial charge >= 0.3 is 0 Å². The molecule has 0 radical (unpaired) electrons. The van der Waals surface area contributed by atoms with Gasteiger partial charge < -0.3 is 5.11 Å². The molecule has 3 heteroatoms. The van der Waals surface area contributed by atoms with Crippen LogP contribution >= 0.6 is 23.4 Å². The lowest BCUT2D eigenvalue weighted by Crippen LogP contribution is -2.24. The van der Waals surface area contributed by atoms with Crippen molar-refractivity contribution >= 4 is 23.4 Å². The molecule has 1 nitrogen and oxygen atoms in total. The first-order chi connectivity index (χ1) is 8.25. The summed E-state index contributed by atoms with van der Waals surface area (Å²) in [4.78, 5) is 1.15. The molecule has 0 amide bonds. The second kappa shape index (κ2) is 6.67. The summed E-state index contributed by atoms with van der Waals surface area (Å²) in [7, 11) is 0. The predicted octanol–water partition coefficient (Wildman–Crippen LogP) is 4.37. The summed E-state index contributed by atoms with van der Waals surface area (Å²) in [5.41, 5.74) is 0. The highest BCUT2D eigenvalue weighted by molar-refractivity contribution is 7.99. The van der Waals surface area contributed by atoms with Crippen LogP contribution < -0.4 is 0 Å². The van der Waals surface area contributed by atoms with Crippen molar-refractivity contribution < 1.29 is 5.11 Å². The van der Waals surface area contributed by atoms with E-state index in [4.69, 9.17) is 11.6 Å². The maximum Gasteiger partial charge on any atom is 0.0662 e. The van der Waals surface area contributed by atoms with Gasteiger partial charge in [0.05, 0.1) is 6.10 Å². The van der Waals surface area contributed by atoms with Gasteiger partial charge in [-0.05, 0) is 37.0 Å². The second-order valence-electron chi connectivity index (χ2n) is 4.73. The normalized spacial score (nSPS) is 19.2. The molecule has 0 spiro atoms. The molecule has 2 rings (SSSR count). The van der Waals surface area contributed by atoms with Crippen LogP contribution in [0.15, 0.2) is 29.2 Å². The lowest BCUT2D eigenvalue weighted by Gasteiger charge is -2.26. The fraction of sp³-hybridized carbons (Fsp3) is 0.571. The van der Waals surface area contributed by atoms with Crippen LogP contribution in [0.5, 0.6) is 0 Å². The zero-order chi connectivity index (χ0) is 12.1. The van der Waals surface area contributed by atoms with Crippen molar-refractivity contribution in [1.82, 2.24) is 0 Å². The molecule has 1 aliphatic carbocycles. The maximum absolute atomic E-state index is 10.2. The fourth-order valence-electron chi connectivity index (χ4n) is 2.39. The molecule has 1 fully saturated rings. The van der Waals surface area contributed by atoms with Gasteiger partial charge in [-0.25, -0.2) is 0 Å². The quantitative estimate of drug-likeness (QED) is 0.820. The third kappa shape index (κ3) is 4.20. The van der Waals surface area contributed by atoms with Crippen molar-refractivity contribution in [2.24, 2.45) is 5.92 Å². The van der Waals surface area contributed by atoms with E-state index in [0.29, 0.717) is 5.92 Å². The molecule has 0 aromatic heterocycles. The van der Waals surface area contributed by atoms with E-state index in [1.807, 2.05) is 24.3 Å². The van der Waals surface area contributed by atoms with Crippen LogP contribution in [-0.2, 0) is 0 Å². The number of aliphatic hydroxyl groups excluding tert-OH is 1. The minimum absolute atomic E-state index is 0.167. The number of hydrogen-bond donors (Lipinski definition) is 1. The Balaban J connectivity index is 1.80. The number of thioether (sulfide) groups is 1. The highest BCUT2D eigenvalue weighted by Gasteiger charge is 2.21. The zero-order valence-electron chi connectivity index (χ0n) is 9.94. The molecule has 0 aliphatic heterocycles. The van der Waals surface area contributed by atoms with Gasteiger partial charge in [-0.2, -0.15) is 0 Å². The van der Waals surface area contributed by atoms with Gasteiger partial charge in [0, 0.05) is 15.7 Å². The van der Waals surface area contributed by atoms with E-state index in [-0.39, 0.29) is 6.10 Å². The van der Waals surface area contributed by atoms with E-state index in [0.717, 1.165) is 15.7 Å². The number of halogens is 1. The Morgan fingerprint density at radius 1 is 1.29 bits per heavy atom. The van der Waals surface area contributed by atoms with Gasteiger partial charge in [0.1, 0.15) is 0 Å². The van der Waals surface area contributed by atoms with Crippen LogP contribution in [0.1, 0.15) is 32.1 Å². The van der Waals surface area contributed by atoms with Crippen LogP contribution in [0.25, 0.3) is 0 Å². The Morgan fingerprint density at radius 3 is 2.76 bits per heavy atom. The average Bonchev–Trinajstić information content (AvgIpc) is 2.37. The minimum atomic E-state index is -0.167. The van der Waals surface area contributed by atoms with Crippen molar-refractivity contribution in [2.75, 3.05) is 5.75 Å². The predicted molar refractivity (Wildman–Crippen MR) is 74.8 cm³/mol. The summed E-state index contributed by atoms with van der Waals surface area (Å²) in [6.45, 7) is 0. The smallest absolute Gasteiger partial charge is 0.0662 e. The molecule has 1 atom stereocenters. The second-order valence-corrected chi connectivity index (χ2v) is 6.26. The molecule has 1 aromatic rings. The summed E-state index contributed by atoms with van der Waals surface area (Å²) in [5, 5.41) is 10.9. The maximum atomic E-state index is 10.2. The first kappa shape index (κ1) is 13.3. The van der Waals surface area contributed by atoms with Crippen molar-refractivity contribution in [3.63, 3.8) is 0 Å². The lowest BCUT2D eigenvalue weighted by atomic mass is 9.86. The topological polar surface area (TPSA) is 20.2 Å². The first-order valence-corrected chi connectivity index (χ1v) is 7.68. The van der Waals surface area contributed by atoms with Gasteiger partial charge in [0.15, 0.2) is 0 Å². The third-order valence-corrected chi connectivity index (χ3v) is 4.74. The van der Waals surface area contributed by atoms with Gasteiger partial charge in [-0.3, -0.25) is 0 Å². The number of hydrogen-bond acceptors (Lipinski definition) is 2. The summed E-state index contributed by atoms with van der Waals surface area (Å²) in [6.07, 6.45) is 6.12. The zero-order valence-corrected chi connectivity index (χ0v) is 11.5. The standard InChI is InChI=1S/C14H19ClOS/c15-12-7-4-8-13(9-12)17-10-14(16)11-5-2-1-3-6-11/h4,7-9,11,14,16H,1-3,5-6,10H2. The van der Waals surface area contributed by atoms with E-state index in [1.165, 1.54) is 32.1 Å². The Morgan fingerprint density at radius 2 is 2.06 bits per heavy atom. The molecule has 1 aromatic carbocycles. The van der Waals surface area contributed by atoms with E-state index in [9.17, 15) is 5.11 Å². The van der Waals surface area contributed by atoms with Gasteiger partial charge in [-0.15, -0.1) is 11.8 Å². The minimum Gasteiger partial charge on any atom is -0.392 e. The summed E-state index contributed by atoms with van der Waals surface area (Å²) >= 11 is 7.63. The Bertz CT molecular complexity index is 350. The molecule has 1 unspecified atom stereocenters. The van der Waals surface area contributed by atoms with Crippen LogP contribution in [-0.4, -0.2) is 17.0 Å². The van der Waals surface area contributed by atoms with Crippen molar-refractivity contribution in [2.45, 2.75) is 43.1 Å². The molecular weight excluding hydrogens is 252 g/mol. The van der Waals surface area contributed by atoms with Crippen LogP contribution in [0.3, 0.4) is 0 Å². The third-order valence-electron chi connectivity index (χ3n) is 3.41. The van der Waals surface area contributed by atoms with Crippen molar-refractivity contribution in [3.8, 4) is 0 Å². The number of benzene rings is 1. The van der Waals surface area contributed by atoms with E-state index in [1.54, 1.807) is 11.8 Å². The van der Waals surface area contributed by atoms with Crippen molar-refractivity contribution in [1.29, 1.82) is 0 Å². The largest absolute Gasteiger partial charge is 0.392 e. The molecule has 1 aliphatic rings. The first-order valence-electron chi connectivity index (χ1n) is 6.32. The molecular formula is C14H19ClOS. The van der Waals surface area contributed by atoms with Crippen molar-refractivity contribution in [3.05, 3.63) is 29.3 Å². The van der Waals surface area contributed by atoms with E-state index >= 15 is 0 Å². The highest BCUT2D eigenvalue weighted by atomic mass is 35.5. The molecule has 17 heavy (non-hydrogen) atoms. The highest BCUT2D eigenvalue weighted by Crippen LogP contribution is 2.30. The van der Waals surface area contributed by atoms with E-state index in [2.05, 4.69) is 0 Å². The Hall–Kier alpha value is -0.180. The van der Waals surface area contributed by atoms with Gasteiger partial charge in [0.25, 0.3) is 0 Å². The Labute approximate surface area is 113 Å². The summed E-state index contributed by atoms with van der Waals surface area (Å²) < 4.78 is 0. The Kier molecular flexibility index (Phi) is 5.20. The van der Waals surface area contributed by atoms with E-state index < -0.39 is 0 Å². The molecule has 0 bridgehead atoms. The molecule has 0 saturated heterocycles. The molecule has 94 valence electrons. The molecule has 1 N–H and O–H groups in total. The average molecular weight is 271 g/mol. The van der Waals surface area contributed by atoms with Crippen LogP contribution in [0.2, 0.25) is 5.02 Å². The number of rotatable bonds is 4. The lowest BCUT2D eigenvalue weighted by molar-refractivity contribution is 0.105. The summed E-state index contributed by atoms with van der Waals surface area (Å²) in [5.74, 6) is 1.29. The summed E-state index contributed by atoms with van der Waals surface area (Å²) in [6, 6.07) is 7.84. The number of aliphatic hydroxyl groups is 1. The van der Waals surface area contributed by atoms with Gasteiger partial charge in [0.2, 0.25) is 0 Å².